The van der Waals surface area contributed by atoms with Crippen LogP contribution in [0.4, 0.5) is 10.1 Å². The summed E-state index contributed by atoms with van der Waals surface area (Å²) < 4.78 is 14.4. The van der Waals surface area contributed by atoms with Gasteiger partial charge in [0.2, 0.25) is 5.91 Å². The van der Waals surface area contributed by atoms with Gasteiger partial charge in [0.05, 0.1) is 16.7 Å². The average molecular weight is 462 g/mol. The Bertz CT molecular complexity index is 1020. The van der Waals surface area contributed by atoms with Gasteiger partial charge >= 0.3 is 0 Å². The van der Waals surface area contributed by atoms with Crippen molar-refractivity contribution in [3.63, 3.8) is 0 Å². The lowest BCUT2D eigenvalue weighted by Gasteiger charge is -2.13. The smallest absolute Gasteiger partial charge is 0.261 e. The summed E-state index contributed by atoms with van der Waals surface area (Å²) in [4.78, 5) is 49.7. The molecule has 3 rings (SSSR count). The number of carbonyl (C=O) groups is 4. The Morgan fingerprint density at radius 3 is 2.52 bits per heavy atom. The van der Waals surface area contributed by atoms with Crippen LogP contribution in [-0.2, 0) is 4.79 Å². The van der Waals surface area contributed by atoms with E-state index in [1.807, 2.05) is 0 Å². The molecular weight excluding hydrogens is 445 g/mol. The third-order valence-corrected chi connectivity index (χ3v) is 4.93. The summed E-state index contributed by atoms with van der Waals surface area (Å²) in [7, 11) is 1.38. The van der Waals surface area contributed by atoms with E-state index in [1.165, 1.54) is 19.2 Å². The molecule has 4 amide bonds. The highest BCUT2D eigenvalue weighted by Gasteiger charge is 2.35. The van der Waals surface area contributed by atoms with Crippen molar-refractivity contribution in [2.45, 2.75) is 12.8 Å². The van der Waals surface area contributed by atoms with E-state index in [4.69, 9.17) is 0 Å². The molecule has 0 saturated carbocycles. The summed E-state index contributed by atoms with van der Waals surface area (Å²) in [5.41, 5.74) is 0.778. The highest BCUT2D eigenvalue weighted by molar-refractivity contribution is 9.10. The molecule has 2 aromatic rings. The molecule has 1 aliphatic heterocycles. The molecule has 0 bridgehead atoms. The average Bonchev–Trinajstić information content (AvgIpc) is 2.93. The number of amides is 4. The van der Waals surface area contributed by atoms with E-state index >= 15 is 0 Å². The van der Waals surface area contributed by atoms with E-state index in [2.05, 4.69) is 26.6 Å². The van der Waals surface area contributed by atoms with Gasteiger partial charge in [0.15, 0.2) is 0 Å². The summed E-state index contributed by atoms with van der Waals surface area (Å²) in [6.07, 6.45) is 0.311. The van der Waals surface area contributed by atoms with Crippen LogP contribution in [0.1, 0.15) is 43.9 Å². The van der Waals surface area contributed by atoms with Crippen molar-refractivity contribution < 1.29 is 23.6 Å². The first-order chi connectivity index (χ1) is 13.8. The number of benzene rings is 2. The number of rotatable bonds is 6. The Labute approximate surface area is 174 Å². The summed E-state index contributed by atoms with van der Waals surface area (Å²) in [5, 5.41) is 4.90. The van der Waals surface area contributed by atoms with Gasteiger partial charge in [-0.15, -0.1) is 0 Å². The van der Waals surface area contributed by atoms with Crippen molar-refractivity contribution in [3.8, 4) is 0 Å². The maximum Gasteiger partial charge on any atom is 0.261 e. The van der Waals surface area contributed by atoms with Crippen molar-refractivity contribution >= 4 is 45.2 Å². The molecule has 1 aliphatic rings. The molecule has 0 aliphatic carbocycles. The molecule has 0 radical (unpaired) electrons. The third kappa shape index (κ3) is 4.34. The lowest BCUT2D eigenvalue weighted by Crippen LogP contribution is -2.31. The molecule has 0 fully saturated rings. The van der Waals surface area contributed by atoms with Crippen molar-refractivity contribution in [1.82, 2.24) is 10.2 Å². The van der Waals surface area contributed by atoms with Gasteiger partial charge in [-0.05, 0) is 42.8 Å². The van der Waals surface area contributed by atoms with Crippen LogP contribution in [0.5, 0.6) is 0 Å². The summed E-state index contributed by atoms with van der Waals surface area (Å²) in [6, 6.07) is 8.56. The van der Waals surface area contributed by atoms with Gasteiger partial charge in [-0.3, -0.25) is 24.1 Å². The SMILES string of the molecule is CNC(=O)c1cc(NC(=O)CCCN2C(=O)c3ccc(Br)cc3C2=O)ccc1F. The van der Waals surface area contributed by atoms with Crippen LogP contribution < -0.4 is 10.6 Å². The lowest BCUT2D eigenvalue weighted by atomic mass is 10.1. The number of nitrogens with zero attached hydrogens (tertiary/aromatic N) is 1. The topological polar surface area (TPSA) is 95.6 Å². The number of halogens is 2. The fraction of sp³-hybridized carbons (Fsp3) is 0.200. The summed E-state index contributed by atoms with van der Waals surface area (Å²) >= 11 is 3.27. The molecule has 9 heteroatoms. The first-order valence-electron chi connectivity index (χ1n) is 8.79. The van der Waals surface area contributed by atoms with Gasteiger partial charge in [0, 0.05) is 30.2 Å². The van der Waals surface area contributed by atoms with Gasteiger partial charge in [-0.1, -0.05) is 15.9 Å². The van der Waals surface area contributed by atoms with Crippen LogP contribution in [-0.4, -0.2) is 42.1 Å². The van der Waals surface area contributed by atoms with Crippen LogP contribution >= 0.6 is 15.9 Å². The van der Waals surface area contributed by atoms with Gasteiger partial charge < -0.3 is 10.6 Å². The molecule has 0 unspecified atom stereocenters. The van der Waals surface area contributed by atoms with Crippen molar-refractivity contribution in [2.75, 3.05) is 18.9 Å². The normalized spacial score (nSPS) is 12.7. The number of carbonyl (C=O) groups excluding carboxylic acids is 4. The third-order valence-electron chi connectivity index (χ3n) is 4.44. The predicted octanol–water partition coefficient (Wildman–Crippen LogP) is 2.96. The summed E-state index contributed by atoms with van der Waals surface area (Å²) in [6.45, 7) is 0.101. The summed E-state index contributed by atoms with van der Waals surface area (Å²) in [5.74, 6) is -2.44. The number of nitrogens with one attached hydrogen (secondary N) is 2. The molecule has 2 N–H and O–H groups in total. The molecule has 0 atom stereocenters. The Balaban J connectivity index is 1.57. The number of imide groups is 1. The van der Waals surface area contributed by atoms with Crippen molar-refractivity contribution in [2.24, 2.45) is 0 Å². The monoisotopic (exact) mass is 461 g/mol. The van der Waals surface area contributed by atoms with Crippen LogP contribution in [0.3, 0.4) is 0 Å². The molecule has 1 heterocycles. The van der Waals surface area contributed by atoms with Crippen LogP contribution in [0.2, 0.25) is 0 Å². The second kappa shape index (κ2) is 8.52. The Kier molecular flexibility index (Phi) is 6.07. The Morgan fingerprint density at radius 2 is 1.79 bits per heavy atom. The molecule has 29 heavy (non-hydrogen) atoms. The van der Waals surface area contributed by atoms with Crippen LogP contribution in [0, 0.1) is 5.82 Å². The number of hydrogen-bond acceptors (Lipinski definition) is 4. The molecule has 0 saturated heterocycles. The van der Waals surface area contributed by atoms with E-state index in [0.29, 0.717) is 15.6 Å². The molecule has 0 aromatic heterocycles. The number of anilines is 1. The van der Waals surface area contributed by atoms with E-state index in [0.717, 1.165) is 11.0 Å². The second-order valence-electron chi connectivity index (χ2n) is 6.38. The minimum absolute atomic E-state index is 0.0454. The van der Waals surface area contributed by atoms with Crippen molar-refractivity contribution in [1.29, 1.82) is 0 Å². The first kappa shape index (κ1) is 20.7. The largest absolute Gasteiger partial charge is 0.355 e. The van der Waals surface area contributed by atoms with E-state index in [-0.39, 0.29) is 48.4 Å². The van der Waals surface area contributed by atoms with Crippen LogP contribution in [0.15, 0.2) is 40.9 Å². The zero-order valence-corrected chi connectivity index (χ0v) is 17.0. The minimum atomic E-state index is -0.695. The molecule has 7 nitrogen and oxygen atoms in total. The predicted molar refractivity (Wildman–Crippen MR) is 107 cm³/mol. The van der Waals surface area contributed by atoms with Gasteiger partial charge in [0.1, 0.15) is 5.82 Å². The number of fused-ring (bicyclic) bond motifs is 1. The number of hydrogen-bond donors (Lipinski definition) is 2. The molecule has 150 valence electrons. The highest BCUT2D eigenvalue weighted by Crippen LogP contribution is 2.26. The van der Waals surface area contributed by atoms with Crippen LogP contribution in [0.25, 0.3) is 0 Å². The lowest BCUT2D eigenvalue weighted by molar-refractivity contribution is -0.116. The second-order valence-corrected chi connectivity index (χ2v) is 7.29. The maximum absolute atomic E-state index is 13.7. The van der Waals surface area contributed by atoms with Gasteiger partial charge in [0.25, 0.3) is 17.7 Å². The zero-order valence-electron chi connectivity index (χ0n) is 15.4. The Hall–Kier alpha value is -3.07. The standard InChI is InChI=1S/C20H17BrFN3O4/c1-23-18(27)15-10-12(5-7-16(15)22)24-17(26)3-2-8-25-19(28)13-6-4-11(21)9-14(13)20(25)29/h4-7,9-10H,2-3,8H2,1H3,(H,23,27)(H,24,26). The van der Waals surface area contributed by atoms with E-state index < -0.39 is 11.7 Å². The van der Waals surface area contributed by atoms with Crippen molar-refractivity contribution in [3.05, 3.63) is 63.4 Å². The zero-order chi connectivity index (χ0) is 21.1. The maximum atomic E-state index is 13.7. The van der Waals surface area contributed by atoms with Gasteiger partial charge in [-0.2, -0.15) is 0 Å². The Morgan fingerprint density at radius 1 is 1.07 bits per heavy atom. The molecule has 2 aromatic carbocycles. The quantitative estimate of drug-likeness (QED) is 0.646. The molecular formula is C20H17BrFN3O4. The van der Waals surface area contributed by atoms with Gasteiger partial charge in [-0.25, -0.2) is 4.39 Å². The minimum Gasteiger partial charge on any atom is -0.355 e. The fourth-order valence-electron chi connectivity index (χ4n) is 3.00. The van der Waals surface area contributed by atoms with E-state index in [1.54, 1.807) is 18.2 Å². The fourth-order valence-corrected chi connectivity index (χ4v) is 3.36. The van der Waals surface area contributed by atoms with E-state index in [9.17, 15) is 23.6 Å². The molecule has 0 spiro atoms. The first-order valence-corrected chi connectivity index (χ1v) is 9.58. The highest BCUT2D eigenvalue weighted by atomic mass is 79.9.